The van der Waals surface area contributed by atoms with Crippen LogP contribution in [0.4, 0.5) is 0 Å². The molecule has 0 radical (unpaired) electrons. The van der Waals surface area contributed by atoms with Gasteiger partial charge in [0, 0.05) is 0 Å². The van der Waals surface area contributed by atoms with Crippen LogP contribution in [-0.4, -0.2) is 5.11 Å². The van der Waals surface area contributed by atoms with Crippen LogP contribution < -0.4 is 0 Å². The van der Waals surface area contributed by atoms with Crippen LogP contribution in [0.15, 0.2) is 24.3 Å². The van der Waals surface area contributed by atoms with Gasteiger partial charge in [-0.05, 0) is 38.2 Å². The highest BCUT2D eigenvalue weighted by Crippen LogP contribution is 2.40. The summed E-state index contributed by atoms with van der Waals surface area (Å²) in [7, 11) is 0. The molecule has 1 aliphatic rings. The molecule has 0 spiro atoms. The van der Waals surface area contributed by atoms with E-state index in [-0.39, 0.29) is 0 Å². The van der Waals surface area contributed by atoms with E-state index in [9.17, 15) is 5.11 Å². The maximum Gasteiger partial charge on any atom is 0.0896 e. The van der Waals surface area contributed by atoms with Crippen LogP contribution >= 0.6 is 0 Å². The van der Waals surface area contributed by atoms with Gasteiger partial charge in [-0.25, -0.2) is 0 Å². The van der Waals surface area contributed by atoms with Crippen LogP contribution in [0.2, 0.25) is 0 Å². The fraction of sp³-hybridized carbons (Fsp3) is 0.571. The third kappa shape index (κ3) is 2.07. The minimum absolute atomic E-state index is 0.445. The first-order valence-corrected chi connectivity index (χ1v) is 5.90. The summed E-state index contributed by atoms with van der Waals surface area (Å²) in [6.45, 7) is 4.04. The summed E-state index contributed by atoms with van der Waals surface area (Å²) in [6.07, 6.45) is 4.88. The highest BCUT2D eigenvalue weighted by atomic mass is 16.3. The zero-order chi connectivity index (χ0) is 10.9. The number of hydrogen-bond acceptors (Lipinski definition) is 1. The van der Waals surface area contributed by atoms with Crippen molar-refractivity contribution in [2.75, 3.05) is 0 Å². The fourth-order valence-corrected chi connectivity index (χ4v) is 2.61. The van der Waals surface area contributed by atoms with E-state index in [1.54, 1.807) is 0 Å². The van der Waals surface area contributed by atoms with Crippen LogP contribution in [0.3, 0.4) is 0 Å². The molecular formula is C14H20O. The monoisotopic (exact) mass is 204 g/mol. The van der Waals surface area contributed by atoms with Crippen molar-refractivity contribution in [1.29, 1.82) is 0 Å². The Morgan fingerprint density at radius 1 is 1.13 bits per heavy atom. The van der Waals surface area contributed by atoms with Crippen molar-refractivity contribution in [2.45, 2.75) is 45.1 Å². The first kappa shape index (κ1) is 10.7. The van der Waals surface area contributed by atoms with Crippen molar-refractivity contribution in [3.63, 3.8) is 0 Å². The molecule has 1 nitrogen and oxygen atoms in total. The fourth-order valence-electron chi connectivity index (χ4n) is 2.61. The zero-order valence-electron chi connectivity index (χ0n) is 9.66. The highest BCUT2D eigenvalue weighted by Gasteiger charge is 2.35. The third-order valence-corrected chi connectivity index (χ3v) is 3.79. The van der Waals surface area contributed by atoms with Gasteiger partial charge in [0.15, 0.2) is 0 Å². The number of aliphatic hydroxyl groups is 1. The quantitative estimate of drug-likeness (QED) is 0.783. The Bertz CT molecular complexity index is 318. The van der Waals surface area contributed by atoms with Crippen molar-refractivity contribution in [1.82, 2.24) is 0 Å². The van der Waals surface area contributed by atoms with Gasteiger partial charge >= 0.3 is 0 Å². The Hall–Kier alpha value is -0.820. The molecule has 1 heteroatoms. The molecule has 82 valence electrons. The molecule has 1 unspecified atom stereocenters. The molecule has 2 rings (SSSR count). The zero-order valence-corrected chi connectivity index (χ0v) is 9.66. The van der Waals surface area contributed by atoms with Crippen molar-refractivity contribution in [3.05, 3.63) is 35.4 Å². The van der Waals surface area contributed by atoms with E-state index in [1.807, 2.05) is 6.92 Å². The average molecular weight is 204 g/mol. The lowest BCUT2D eigenvalue weighted by Crippen LogP contribution is -2.29. The molecule has 0 amide bonds. The van der Waals surface area contributed by atoms with Crippen LogP contribution in [0, 0.1) is 12.8 Å². The van der Waals surface area contributed by atoms with Crippen LogP contribution in [0.5, 0.6) is 0 Å². The average Bonchev–Trinajstić information content (AvgIpc) is 2.71. The maximum atomic E-state index is 10.6. The number of rotatable bonds is 2. The molecule has 0 aromatic heterocycles. The van der Waals surface area contributed by atoms with E-state index >= 15 is 0 Å². The summed E-state index contributed by atoms with van der Waals surface area (Å²) in [4.78, 5) is 0. The first-order chi connectivity index (χ1) is 7.10. The molecule has 15 heavy (non-hydrogen) atoms. The summed E-state index contributed by atoms with van der Waals surface area (Å²) in [5.41, 5.74) is 1.69. The Morgan fingerprint density at radius 3 is 2.20 bits per heavy atom. The Labute approximate surface area is 92.1 Å². The van der Waals surface area contributed by atoms with E-state index in [2.05, 4.69) is 31.2 Å². The van der Waals surface area contributed by atoms with E-state index in [0.29, 0.717) is 5.92 Å². The van der Waals surface area contributed by atoms with Crippen LogP contribution in [0.1, 0.15) is 43.7 Å². The van der Waals surface area contributed by atoms with Crippen molar-refractivity contribution in [2.24, 2.45) is 5.92 Å². The normalized spacial score (nSPS) is 21.5. The van der Waals surface area contributed by atoms with Gasteiger partial charge in [-0.3, -0.25) is 0 Å². The molecule has 1 atom stereocenters. The molecule has 0 aliphatic heterocycles. The lowest BCUT2D eigenvalue weighted by Gasteiger charge is -2.30. The van der Waals surface area contributed by atoms with Gasteiger partial charge in [0.25, 0.3) is 0 Å². The maximum absolute atomic E-state index is 10.6. The molecule has 0 heterocycles. The molecular weight excluding hydrogens is 184 g/mol. The number of benzene rings is 1. The standard InChI is InChI=1S/C14H20O/c1-11-7-9-13(10-8-11)14(2,15)12-5-3-4-6-12/h7-10,12,15H,3-6H2,1-2H3. The SMILES string of the molecule is Cc1ccc(C(C)(O)C2CCCC2)cc1. The van der Waals surface area contributed by atoms with Crippen LogP contribution in [0.25, 0.3) is 0 Å². The largest absolute Gasteiger partial charge is 0.385 e. The lowest BCUT2D eigenvalue weighted by molar-refractivity contribution is -0.00332. The van der Waals surface area contributed by atoms with Gasteiger partial charge in [0.1, 0.15) is 0 Å². The molecule has 1 saturated carbocycles. The summed E-state index contributed by atoms with van der Waals surface area (Å²) >= 11 is 0. The molecule has 1 fully saturated rings. The van der Waals surface area contributed by atoms with Crippen molar-refractivity contribution >= 4 is 0 Å². The molecule has 1 N–H and O–H groups in total. The first-order valence-electron chi connectivity index (χ1n) is 5.90. The van der Waals surface area contributed by atoms with Gasteiger partial charge in [-0.2, -0.15) is 0 Å². The van der Waals surface area contributed by atoms with Gasteiger partial charge < -0.3 is 5.11 Å². The second-order valence-electron chi connectivity index (χ2n) is 4.99. The van der Waals surface area contributed by atoms with Gasteiger partial charge in [-0.15, -0.1) is 0 Å². The second-order valence-corrected chi connectivity index (χ2v) is 4.99. The third-order valence-electron chi connectivity index (χ3n) is 3.79. The van der Waals surface area contributed by atoms with Gasteiger partial charge in [0.05, 0.1) is 5.60 Å². The smallest absolute Gasteiger partial charge is 0.0896 e. The highest BCUT2D eigenvalue weighted by molar-refractivity contribution is 5.26. The Balaban J connectivity index is 2.23. The molecule has 0 bridgehead atoms. The van der Waals surface area contributed by atoms with Crippen LogP contribution in [-0.2, 0) is 5.60 Å². The number of hydrogen-bond donors (Lipinski definition) is 1. The van der Waals surface area contributed by atoms with E-state index in [4.69, 9.17) is 0 Å². The molecule has 0 saturated heterocycles. The van der Waals surface area contributed by atoms with E-state index < -0.39 is 5.60 Å². The molecule has 1 aromatic rings. The summed E-state index contributed by atoms with van der Waals surface area (Å²) in [6, 6.07) is 8.29. The van der Waals surface area contributed by atoms with Gasteiger partial charge in [0.2, 0.25) is 0 Å². The second kappa shape index (κ2) is 3.97. The van der Waals surface area contributed by atoms with Crippen molar-refractivity contribution < 1.29 is 5.11 Å². The van der Waals surface area contributed by atoms with Gasteiger partial charge in [-0.1, -0.05) is 42.7 Å². The molecule has 1 aliphatic carbocycles. The minimum atomic E-state index is -0.635. The Kier molecular flexibility index (Phi) is 2.83. The predicted octanol–water partition coefficient (Wildman–Crippen LogP) is 3.39. The number of aryl methyl sites for hydroxylation is 1. The lowest BCUT2D eigenvalue weighted by atomic mass is 9.81. The summed E-state index contributed by atoms with van der Waals surface area (Å²) in [5, 5.41) is 10.6. The van der Waals surface area contributed by atoms with E-state index in [1.165, 1.54) is 31.2 Å². The minimum Gasteiger partial charge on any atom is -0.385 e. The van der Waals surface area contributed by atoms with E-state index in [0.717, 1.165) is 5.56 Å². The summed E-state index contributed by atoms with van der Waals surface area (Å²) in [5.74, 6) is 0.445. The Morgan fingerprint density at radius 2 is 1.67 bits per heavy atom. The molecule has 1 aromatic carbocycles. The summed E-state index contributed by atoms with van der Waals surface area (Å²) < 4.78 is 0. The topological polar surface area (TPSA) is 20.2 Å². The van der Waals surface area contributed by atoms with Crippen molar-refractivity contribution in [3.8, 4) is 0 Å². The predicted molar refractivity (Wildman–Crippen MR) is 62.7 cm³/mol.